The molecule has 3 rings (SSSR count). The minimum absolute atomic E-state index is 0.0165. The molecule has 0 radical (unpaired) electrons. The molecule has 2 aliphatic heterocycles. The van der Waals surface area contributed by atoms with Crippen LogP contribution >= 0.6 is 0 Å². The normalized spacial score (nSPS) is 22.8. The first-order valence-electron chi connectivity index (χ1n) is 8.57. The third-order valence-electron chi connectivity index (χ3n) is 5.47. The fraction of sp³-hybridized carbons (Fsp3) is 0.556. The zero-order valence-corrected chi connectivity index (χ0v) is 14.5. The predicted molar refractivity (Wildman–Crippen MR) is 89.3 cm³/mol. The Balaban J connectivity index is 1.59. The van der Waals surface area contributed by atoms with E-state index in [1.165, 1.54) is 24.3 Å². The fourth-order valence-electron chi connectivity index (χ4n) is 4.05. The third kappa shape index (κ3) is 3.80. The quantitative estimate of drug-likeness (QED) is 0.883. The number of aliphatic carboxylic acids is 1. The highest BCUT2D eigenvalue weighted by molar-refractivity contribution is 5.94. The van der Waals surface area contributed by atoms with Crippen molar-refractivity contribution in [3.63, 3.8) is 0 Å². The van der Waals surface area contributed by atoms with Gasteiger partial charge in [0.15, 0.2) is 0 Å². The summed E-state index contributed by atoms with van der Waals surface area (Å²) >= 11 is 0. The van der Waals surface area contributed by atoms with Crippen LogP contribution in [0.2, 0.25) is 0 Å². The molecule has 6 nitrogen and oxygen atoms in total. The lowest BCUT2D eigenvalue weighted by Gasteiger charge is -2.39. The van der Waals surface area contributed by atoms with Gasteiger partial charge in [-0.25, -0.2) is 0 Å². The maximum absolute atomic E-state index is 12.6. The summed E-state index contributed by atoms with van der Waals surface area (Å²) < 4.78 is 28.7. The lowest BCUT2D eigenvalue weighted by atomic mass is 9.76. The predicted octanol–water partition coefficient (Wildman–Crippen LogP) is 2.30. The molecule has 142 valence electrons. The number of halogens is 2. The van der Waals surface area contributed by atoms with E-state index in [-0.39, 0.29) is 17.1 Å². The first-order valence-corrected chi connectivity index (χ1v) is 8.57. The average Bonchev–Trinajstić information content (AvgIpc) is 2.91. The second kappa shape index (κ2) is 7.19. The van der Waals surface area contributed by atoms with Gasteiger partial charge in [0.2, 0.25) is 0 Å². The Morgan fingerprint density at radius 3 is 2.35 bits per heavy atom. The van der Waals surface area contributed by atoms with Gasteiger partial charge in [0.1, 0.15) is 11.8 Å². The number of hydrogen-bond acceptors (Lipinski definition) is 4. The summed E-state index contributed by atoms with van der Waals surface area (Å²) in [6, 6.07) is 5.21. The van der Waals surface area contributed by atoms with Gasteiger partial charge in [0.25, 0.3) is 5.91 Å². The largest absolute Gasteiger partial charge is 0.480 e. The van der Waals surface area contributed by atoms with Crippen LogP contribution in [0.5, 0.6) is 5.75 Å². The van der Waals surface area contributed by atoms with Crippen LogP contribution in [0.3, 0.4) is 0 Å². The van der Waals surface area contributed by atoms with Gasteiger partial charge in [-0.1, -0.05) is 0 Å². The smallest absolute Gasteiger partial charge is 0.387 e. The molecule has 0 aliphatic carbocycles. The summed E-state index contributed by atoms with van der Waals surface area (Å²) in [6.45, 7) is -1.04. The number of carboxylic acids is 1. The number of rotatable bonds is 4. The van der Waals surface area contributed by atoms with Crippen LogP contribution in [0.4, 0.5) is 8.78 Å². The van der Waals surface area contributed by atoms with Gasteiger partial charge < -0.3 is 14.7 Å². The average molecular weight is 368 g/mol. The number of amides is 1. The maximum Gasteiger partial charge on any atom is 0.387 e. The van der Waals surface area contributed by atoms with Gasteiger partial charge in [0.05, 0.1) is 0 Å². The molecule has 0 aromatic heterocycles. The highest BCUT2D eigenvalue weighted by atomic mass is 19.3. The molecule has 1 amide bonds. The van der Waals surface area contributed by atoms with E-state index in [0.29, 0.717) is 25.1 Å². The molecule has 2 fully saturated rings. The molecule has 2 saturated heterocycles. The Labute approximate surface area is 150 Å². The number of likely N-dealkylation sites (tertiary alicyclic amines) is 2. The lowest BCUT2D eigenvalue weighted by molar-refractivity contribution is -0.141. The molecular formula is C18H22F2N2O4. The molecule has 1 N–H and O–H groups in total. The van der Waals surface area contributed by atoms with E-state index >= 15 is 0 Å². The highest BCUT2D eigenvalue weighted by Gasteiger charge is 2.47. The van der Waals surface area contributed by atoms with Crippen LogP contribution in [-0.2, 0) is 4.79 Å². The second-order valence-corrected chi connectivity index (χ2v) is 7.17. The van der Waals surface area contributed by atoms with Gasteiger partial charge in [0, 0.05) is 25.2 Å². The van der Waals surface area contributed by atoms with Crippen molar-refractivity contribution in [2.45, 2.75) is 31.9 Å². The number of benzene rings is 1. The minimum atomic E-state index is -2.89. The molecule has 26 heavy (non-hydrogen) atoms. The molecule has 1 atom stereocenters. The van der Waals surface area contributed by atoms with Gasteiger partial charge in [-0.05, 0) is 56.0 Å². The summed E-state index contributed by atoms with van der Waals surface area (Å²) in [7, 11) is 1.83. The van der Waals surface area contributed by atoms with E-state index in [0.717, 1.165) is 19.4 Å². The van der Waals surface area contributed by atoms with Gasteiger partial charge in [-0.3, -0.25) is 14.5 Å². The number of carbonyl (C=O) groups is 2. The van der Waals surface area contributed by atoms with Crippen molar-refractivity contribution in [2.75, 3.05) is 26.7 Å². The van der Waals surface area contributed by atoms with Crippen molar-refractivity contribution in [2.24, 2.45) is 5.41 Å². The SMILES string of the molecule is CN1CC2(CCN(C(=O)c3ccc(OC(F)F)cc3)CC2)C[C@@H]1C(=O)O. The van der Waals surface area contributed by atoms with Crippen molar-refractivity contribution >= 4 is 11.9 Å². The number of ether oxygens (including phenoxy) is 1. The Kier molecular flexibility index (Phi) is 5.13. The van der Waals surface area contributed by atoms with E-state index < -0.39 is 18.6 Å². The van der Waals surface area contributed by atoms with Crippen LogP contribution in [0, 0.1) is 5.41 Å². The zero-order chi connectivity index (χ0) is 18.9. The topological polar surface area (TPSA) is 70.1 Å². The number of hydrogen-bond donors (Lipinski definition) is 1. The minimum Gasteiger partial charge on any atom is -0.480 e. The van der Waals surface area contributed by atoms with Crippen molar-refractivity contribution in [1.29, 1.82) is 0 Å². The van der Waals surface area contributed by atoms with Crippen molar-refractivity contribution in [3.8, 4) is 5.75 Å². The molecule has 0 unspecified atom stereocenters. The second-order valence-electron chi connectivity index (χ2n) is 7.17. The number of likely N-dealkylation sites (N-methyl/N-ethyl adjacent to an activating group) is 1. The molecule has 8 heteroatoms. The fourth-order valence-corrected chi connectivity index (χ4v) is 4.05. The van der Waals surface area contributed by atoms with Crippen LogP contribution in [0.25, 0.3) is 0 Å². The van der Waals surface area contributed by atoms with Crippen LogP contribution in [0.15, 0.2) is 24.3 Å². The lowest BCUT2D eigenvalue weighted by Crippen LogP contribution is -2.44. The van der Waals surface area contributed by atoms with Gasteiger partial charge >= 0.3 is 12.6 Å². The van der Waals surface area contributed by atoms with Crippen LogP contribution in [-0.4, -0.2) is 66.1 Å². The summed E-state index contributed by atoms with van der Waals surface area (Å²) in [5, 5.41) is 9.30. The number of carboxylic acid groups (broad SMARTS) is 1. The van der Waals surface area contributed by atoms with E-state index in [1.54, 1.807) is 4.90 Å². The van der Waals surface area contributed by atoms with Crippen molar-refractivity contribution in [3.05, 3.63) is 29.8 Å². The standard InChI is InChI=1S/C18H22F2N2O4/c1-21-11-18(10-14(21)16(24)25)6-8-22(9-7-18)15(23)12-2-4-13(5-3-12)26-17(19)20/h2-5,14,17H,6-11H2,1H3,(H,24,25)/t14-/m1/s1. The van der Waals surface area contributed by atoms with E-state index in [1.807, 2.05) is 11.9 Å². The monoisotopic (exact) mass is 368 g/mol. The Hall–Kier alpha value is -2.22. The van der Waals surface area contributed by atoms with Crippen LogP contribution < -0.4 is 4.74 Å². The van der Waals surface area contributed by atoms with Crippen molar-refractivity contribution < 1.29 is 28.2 Å². The maximum atomic E-state index is 12.6. The summed E-state index contributed by atoms with van der Waals surface area (Å²) in [4.78, 5) is 27.5. The molecule has 2 aliphatic rings. The first kappa shape index (κ1) is 18.6. The molecule has 1 aromatic carbocycles. The summed E-state index contributed by atoms with van der Waals surface area (Å²) in [5.41, 5.74) is 0.373. The Bertz CT molecular complexity index is 672. The van der Waals surface area contributed by atoms with E-state index in [4.69, 9.17) is 0 Å². The van der Waals surface area contributed by atoms with Crippen molar-refractivity contribution in [1.82, 2.24) is 9.80 Å². The number of carbonyl (C=O) groups excluding carboxylic acids is 1. The molecule has 1 spiro atoms. The Morgan fingerprint density at radius 1 is 1.23 bits per heavy atom. The molecular weight excluding hydrogens is 346 g/mol. The summed E-state index contributed by atoms with van der Waals surface area (Å²) in [6.07, 6.45) is 2.14. The van der Waals surface area contributed by atoms with Gasteiger partial charge in [-0.15, -0.1) is 0 Å². The molecule has 0 saturated carbocycles. The van der Waals surface area contributed by atoms with E-state index in [2.05, 4.69) is 4.74 Å². The Morgan fingerprint density at radius 2 is 1.85 bits per heavy atom. The molecule has 1 aromatic rings. The van der Waals surface area contributed by atoms with Gasteiger partial charge in [-0.2, -0.15) is 8.78 Å². The molecule has 0 bridgehead atoms. The number of piperidine rings is 1. The number of alkyl halides is 2. The summed E-state index contributed by atoms with van der Waals surface area (Å²) in [5.74, 6) is -0.929. The molecule has 2 heterocycles. The third-order valence-corrected chi connectivity index (χ3v) is 5.47. The first-order chi connectivity index (χ1) is 12.3. The van der Waals surface area contributed by atoms with E-state index in [9.17, 15) is 23.5 Å². The zero-order valence-electron chi connectivity index (χ0n) is 14.5. The highest BCUT2D eigenvalue weighted by Crippen LogP contribution is 2.43. The number of nitrogens with zero attached hydrogens (tertiary/aromatic N) is 2. The van der Waals surface area contributed by atoms with Crippen LogP contribution in [0.1, 0.15) is 29.6 Å².